The van der Waals surface area contributed by atoms with Crippen LogP contribution in [-0.2, 0) is 14.4 Å². The summed E-state index contributed by atoms with van der Waals surface area (Å²) in [5, 5.41) is 16.7. The van der Waals surface area contributed by atoms with E-state index in [9.17, 15) is 19.5 Å². The maximum atomic E-state index is 12.5. The Hall–Kier alpha value is -2.63. The zero-order valence-electron chi connectivity index (χ0n) is 12.6. The number of anilines is 2. The number of aliphatic carboxylic acids is 1. The standard InChI is InChI=1S/C17H18N2O4/c1-9(20)18-12-4-6-13(7-5-12)19-16(21)14-10-2-3-11(8-10)15(14)17(22)23/h2-7,10-11,14-15H,8H2,1H3,(H,18,20)(H,19,21)(H,22,23)/p-1/t10-,11-,14+,15-/m0/s1. The third-order valence-electron chi connectivity index (χ3n) is 4.51. The summed E-state index contributed by atoms with van der Waals surface area (Å²) in [5.41, 5.74) is 1.19. The first-order chi connectivity index (χ1) is 11.0. The quantitative estimate of drug-likeness (QED) is 0.802. The number of carbonyl (C=O) groups is 3. The van der Waals surface area contributed by atoms with E-state index in [2.05, 4.69) is 10.6 Å². The van der Waals surface area contributed by atoms with E-state index in [1.165, 1.54) is 6.92 Å². The number of fused-ring (bicyclic) bond motifs is 2. The maximum Gasteiger partial charge on any atom is 0.228 e. The average Bonchev–Trinajstić information content (AvgIpc) is 3.09. The van der Waals surface area contributed by atoms with Crippen LogP contribution in [0.2, 0.25) is 0 Å². The molecule has 1 fully saturated rings. The monoisotopic (exact) mass is 313 g/mol. The molecule has 0 heterocycles. The van der Waals surface area contributed by atoms with E-state index < -0.39 is 17.8 Å². The van der Waals surface area contributed by atoms with Gasteiger partial charge in [0.15, 0.2) is 0 Å². The van der Waals surface area contributed by atoms with Crippen LogP contribution in [0.5, 0.6) is 0 Å². The molecule has 2 N–H and O–H groups in total. The number of nitrogens with one attached hydrogen (secondary N) is 2. The van der Waals surface area contributed by atoms with Gasteiger partial charge in [0.25, 0.3) is 0 Å². The molecule has 0 radical (unpaired) electrons. The second-order valence-electron chi connectivity index (χ2n) is 6.07. The summed E-state index contributed by atoms with van der Waals surface area (Å²) in [6.07, 6.45) is 4.49. The van der Waals surface area contributed by atoms with Crippen molar-refractivity contribution in [3.8, 4) is 0 Å². The minimum Gasteiger partial charge on any atom is -0.550 e. The third-order valence-corrected chi connectivity index (χ3v) is 4.51. The van der Waals surface area contributed by atoms with Crippen LogP contribution in [0.3, 0.4) is 0 Å². The molecule has 0 aliphatic heterocycles. The molecule has 0 aromatic heterocycles. The molecule has 4 atom stereocenters. The van der Waals surface area contributed by atoms with Crippen molar-refractivity contribution in [1.29, 1.82) is 0 Å². The predicted molar refractivity (Wildman–Crippen MR) is 82.1 cm³/mol. The molecule has 0 unspecified atom stereocenters. The fraction of sp³-hybridized carbons (Fsp3) is 0.353. The molecule has 1 aromatic rings. The molecule has 0 spiro atoms. The molecule has 6 nitrogen and oxygen atoms in total. The van der Waals surface area contributed by atoms with Gasteiger partial charge < -0.3 is 20.5 Å². The molecule has 2 aliphatic rings. The first-order valence-corrected chi connectivity index (χ1v) is 7.53. The van der Waals surface area contributed by atoms with Gasteiger partial charge in [-0.3, -0.25) is 9.59 Å². The Balaban J connectivity index is 1.70. The molecule has 2 bridgehead atoms. The fourth-order valence-electron chi connectivity index (χ4n) is 3.57. The van der Waals surface area contributed by atoms with Gasteiger partial charge in [0.05, 0.1) is 5.92 Å². The van der Waals surface area contributed by atoms with E-state index in [1.807, 2.05) is 12.2 Å². The maximum absolute atomic E-state index is 12.5. The normalized spacial score (nSPS) is 27.7. The Morgan fingerprint density at radius 3 is 2.00 bits per heavy atom. The minimum absolute atomic E-state index is 0.0402. The highest BCUT2D eigenvalue weighted by Crippen LogP contribution is 2.48. The van der Waals surface area contributed by atoms with Crippen molar-refractivity contribution in [1.82, 2.24) is 0 Å². The van der Waals surface area contributed by atoms with E-state index in [4.69, 9.17) is 0 Å². The van der Waals surface area contributed by atoms with Crippen molar-refractivity contribution >= 4 is 29.2 Å². The molecular weight excluding hydrogens is 296 g/mol. The van der Waals surface area contributed by atoms with Gasteiger partial charge in [0.2, 0.25) is 11.8 Å². The van der Waals surface area contributed by atoms with Gasteiger partial charge >= 0.3 is 0 Å². The third kappa shape index (κ3) is 2.97. The largest absolute Gasteiger partial charge is 0.550 e. The lowest BCUT2D eigenvalue weighted by Crippen LogP contribution is -2.42. The van der Waals surface area contributed by atoms with Crippen LogP contribution in [-0.4, -0.2) is 17.8 Å². The molecule has 6 heteroatoms. The minimum atomic E-state index is -1.16. The molecule has 1 aromatic carbocycles. The Morgan fingerprint density at radius 1 is 0.957 bits per heavy atom. The summed E-state index contributed by atoms with van der Waals surface area (Å²) >= 11 is 0. The van der Waals surface area contributed by atoms with Gasteiger partial charge in [-0.1, -0.05) is 12.2 Å². The Morgan fingerprint density at radius 2 is 1.48 bits per heavy atom. The first kappa shape index (κ1) is 15.3. The van der Waals surface area contributed by atoms with E-state index in [0.717, 1.165) is 0 Å². The number of allylic oxidation sites excluding steroid dienone is 2. The van der Waals surface area contributed by atoms with Gasteiger partial charge in [-0.25, -0.2) is 0 Å². The molecular formula is C17H17N2O4-. The van der Waals surface area contributed by atoms with E-state index in [1.54, 1.807) is 24.3 Å². The number of carboxylic acid groups (broad SMARTS) is 1. The highest BCUT2D eigenvalue weighted by molar-refractivity contribution is 5.96. The summed E-state index contributed by atoms with van der Waals surface area (Å²) in [7, 11) is 0. The van der Waals surface area contributed by atoms with Gasteiger partial charge in [0, 0.05) is 30.2 Å². The second kappa shape index (κ2) is 5.87. The number of benzene rings is 1. The van der Waals surface area contributed by atoms with Crippen LogP contribution < -0.4 is 15.7 Å². The highest BCUT2D eigenvalue weighted by atomic mass is 16.4. The lowest BCUT2D eigenvalue weighted by Gasteiger charge is -2.27. The summed E-state index contributed by atoms with van der Waals surface area (Å²) in [4.78, 5) is 34.8. The SMILES string of the molecule is CC(=O)Nc1ccc(NC(=O)[C@H]2[C@@H](C(=O)[O-])[C@H]3C=C[C@H]2C3)cc1. The number of rotatable bonds is 4. The summed E-state index contributed by atoms with van der Waals surface area (Å²) in [5.74, 6) is -3.14. The van der Waals surface area contributed by atoms with Gasteiger partial charge in [-0.2, -0.15) is 0 Å². The molecule has 120 valence electrons. The molecule has 1 saturated carbocycles. The molecule has 23 heavy (non-hydrogen) atoms. The molecule has 2 aliphatic carbocycles. The molecule has 0 saturated heterocycles. The van der Waals surface area contributed by atoms with E-state index in [0.29, 0.717) is 17.8 Å². The van der Waals surface area contributed by atoms with E-state index in [-0.39, 0.29) is 23.7 Å². The Kier molecular flexibility index (Phi) is 3.90. The van der Waals surface area contributed by atoms with Crippen molar-refractivity contribution in [2.24, 2.45) is 23.7 Å². The first-order valence-electron chi connectivity index (χ1n) is 7.53. The molecule has 3 rings (SSSR count). The topological polar surface area (TPSA) is 98.3 Å². The van der Waals surface area contributed by atoms with Gasteiger partial charge in [-0.05, 0) is 42.5 Å². The average molecular weight is 313 g/mol. The van der Waals surface area contributed by atoms with Crippen molar-refractivity contribution < 1.29 is 19.5 Å². The van der Waals surface area contributed by atoms with Crippen LogP contribution >= 0.6 is 0 Å². The second-order valence-corrected chi connectivity index (χ2v) is 6.07. The van der Waals surface area contributed by atoms with Crippen molar-refractivity contribution in [2.75, 3.05) is 10.6 Å². The lowest BCUT2D eigenvalue weighted by molar-refractivity contribution is -0.313. The highest BCUT2D eigenvalue weighted by Gasteiger charge is 2.48. The summed E-state index contributed by atoms with van der Waals surface area (Å²) in [6, 6.07) is 6.68. The van der Waals surface area contributed by atoms with Crippen molar-refractivity contribution in [3.63, 3.8) is 0 Å². The number of carbonyl (C=O) groups excluding carboxylic acids is 3. The summed E-state index contributed by atoms with van der Waals surface area (Å²) in [6.45, 7) is 1.42. The van der Waals surface area contributed by atoms with Crippen LogP contribution in [0.25, 0.3) is 0 Å². The van der Waals surface area contributed by atoms with Crippen LogP contribution in [0.15, 0.2) is 36.4 Å². The zero-order chi connectivity index (χ0) is 16.6. The fourth-order valence-corrected chi connectivity index (χ4v) is 3.57. The predicted octanol–water partition coefficient (Wildman–Crippen LogP) is 0.772. The lowest BCUT2D eigenvalue weighted by atomic mass is 9.82. The van der Waals surface area contributed by atoms with Crippen LogP contribution in [0, 0.1) is 23.7 Å². The van der Waals surface area contributed by atoms with Crippen LogP contribution in [0.1, 0.15) is 13.3 Å². The van der Waals surface area contributed by atoms with E-state index >= 15 is 0 Å². The zero-order valence-corrected chi connectivity index (χ0v) is 12.6. The van der Waals surface area contributed by atoms with Gasteiger partial charge in [0.1, 0.15) is 0 Å². The van der Waals surface area contributed by atoms with Gasteiger partial charge in [-0.15, -0.1) is 0 Å². The Labute approximate surface area is 133 Å². The smallest absolute Gasteiger partial charge is 0.228 e. The van der Waals surface area contributed by atoms with Crippen molar-refractivity contribution in [2.45, 2.75) is 13.3 Å². The summed E-state index contributed by atoms with van der Waals surface area (Å²) < 4.78 is 0. The van der Waals surface area contributed by atoms with Crippen LogP contribution in [0.4, 0.5) is 11.4 Å². The van der Waals surface area contributed by atoms with Crippen molar-refractivity contribution in [3.05, 3.63) is 36.4 Å². The number of hydrogen-bond acceptors (Lipinski definition) is 4. The Bertz CT molecular complexity index is 680. The molecule has 2 amide bonds. The number of hydrogen-bond donors (Lipinski definition) is 2. The number of amides is 2. The number of carboxylic acids is 1.